The molecule has 2 heterocycles. The van der Waals surface area contributed by atoms with Crippen molar-refractivity contribution in [3.8, 4) is 0 Å². The van der Waals surface area contributed by atoms with Crippen molar-refractivity contribution in [1.29, 1.82) is 0 Å². The summed E-state index contributed by atoms with van der Waals surface area (Å²) in [6.07, 6.45) is -2.55. The first-order valence-corrected chi connectivity index (χ1v) is 5.27. The lowest BCUT2D eigenvalue weighted by Gasteiger charge is -2.17. The Labute approximate surface area is 100 Å². The normalized spacial score (nSPS) is 27.4. The second-order valence-corrected chi connectivity index (χ2v) is 3.92. The average Bonchev–Trinajstić information content (AvgIpc) is 2.68. The van der Waals surface area contributed by atoms with Gasteiger partial charge in [-0.15, -0.1) is 0 Å². The zero-order chi connectivity index (χ0) is 13.3. The molecule has 3 atom stereocenters. The summed E-state index contributed by atoms with van der Waals surface area (Å²) in [5, 5.41) is 27.4. The van der Waals surface area contributed by atoms with Crippen LogP contribution in [-0.4, -0.2) is 43.8 Å². The molecule has 1 aromatic rings. The molecule has 0 aromatic carbocycles. The summed E-state index contributed by atoms with van der Waals surface area (Å²) in [5.74, 6) is -0.153. The second kappa shape index (κ2) is 4.90. The van der Waals surface area contributed by atoms with E-state index in [4.69, 9.17) is 15.1 Å². The second-order valence-electron chi connectivity index (χ2n) is 3.92. The number of nitrogens with zero attached hydrogens (tertiary/aromatic N) is 1. The molecule has 18 heavy (non-hydrogen) atoms. The largest absolute Gasteiger partial charge is 0.394 e. The smallest absolute Gasteiger partial charge is 0.332 e. The van der Waals surface area contributed by atoms with E-state index >= 15 is 0 Å². The first-order valence-electron chi connectivity index (χ1n) is 5.27. The number of nitrogens with one attached hydrogen (secondary N) is 2. The summed E-state index contributed by atoms with van der Waals surface area (Å²) in [6, 6.07) is 0.976. The van der Waals surface area contributed by atoms with Gasteiger partial charge in [0.05, 0.1) is 12.7 Å². The van der Waals surface area contributed by atoms with E-state index in [9.17, 15) is 14.7 Å². The minimum absolute atomic E-state index is 0.0614. The van der Waals surface area contributed by atoms with E-state index in [0.717, 1.165) is 10.6 Å². The topological polar surface area (TPSA) is 137 Å². The number of aliphatic hydroxyl groups excluding tert-OH is 2. The van der Waals surface area contributed by atoms with Gasteiger partial charge in [0.2, 0.25) is 0 Å². The Kier molecular flexibility index (Phi) is 3.48. The molecule has 0 radical (unpaired) electrons. The fourth-order valence-corrected chi connectivity index (χ4v) is 1.91. The summed E-state index contributed by atoms with van der Waals surface area (Å²) in [4.78, 5) is 24.7. The highest BCUT2D eigenvalue weighted by Crippen LogP contribution is 2.28. The quantitative estimate of drug-likeness (QED) is 0.395. The zero-order valence-electron chi connectivity index (χ0n) is 9.24. The summed E-state index contributed by atoms with van der Waals surface area (Å²) >= 11 is 0. The Bertz CT molecular complexity index is 538. The van der Waals surface area contributed by atoms with Gasteiger partial charge in [0.1, 0.15) is 18.1 Å². The van der Waals surface area contributed by atoms with Gasteiger partial charge in [-0.2, -0.15) is 0 Å². The predicted octanol–water partition coefficient (Wildman–Crippen LogP) is -2.02. The van der Waals surface area contributed by atoms with E-state index in [1.165, 1.54) is 0 Å². The van der Waals surface area contributed by atoms with Crippen LogP contribution in [0, 0.1) is 0 Å². The fraction of sp³-hybridized carbons (Fsp3) is 0.556. The molecule has 2 rings (SSSR count). The molecule has 0 unspecified atom stereocenters. The molecule has 100 valence electrons. The third-order valence-corrected chi connectivity index (χ3v) is 2.76. The molecular weight excluding hydrogens is 246 g/mol. The van der Waals surface area contributed by atoms with Gasteiger partial charge in [0.15, 0.2) is 0 Å². The Hall–Kier alpha value is -1.68. The summed E-state index contributed by atoms with van der Waals surface area (Å²) in [7, 11) is 0. The third-order valence-electron chi connectivity index (χ3n) is 2.76. The molecule has 1 aliphatic heterocycles. The number of ether oxygens (including phenoxy) is 1. The number of H-pyrrole nitrogens is 1. The Morgan fingerprint density at radius 1 is 1.56 bits per heavy atom. The minimum Gasteiger partial charge on any atom is -0.394 e. The molecule has 1 fully saturated rings. The van der Waals surface area contributed by atoms with E-state index in [1.807, 2.05) is 4.98 Å². The van der Waals surface area contributed by atoms with Gasteiger partial charge in [0, 0.05) is 12.5 Å². The number of hydrogen-bond donors (Lipinski definition) is 5. The van der Waals surface area contributed by atoms with Gasteiger partial charge in [-0.05, 0) is 0 Å². The maximum Gasteiger partial charge on any atom is 0.332 e. The van der Waals surface area contributed by atoms with E-state index in [2.05, 4.69) is 0 Å². The van der Waals surface area contributed by atoms with Crippen molar-refractivity contribution in [2.24, 2.45) is 0 Å². The van der Waals surface area contributed by atoms with Gasteiger partial charge < -0.3 is 14.9 Å². The van der Waals surface area contributed by atoms with E-state index in [0.29, 0.717) is 0 Å². The summed E-state index contributed by atoms with van der Waals surface area (Å²) < 4.78 is 6.22. The van der Waals surface area contributed by atoms with Gasteiger partial charge in [0.25, 0.3) is 5.56 Å². The Morgan fingerprint density at radius 3 is 2.83 bits per heavy atom. The number of aromatic amines is 1. The van der Waals surface area contributed by atoms with Crippen molar-refractivity contribution in [2.45, 2.75) is 24.9 Å². The van der Waals surface area contributed by atoms with Crippen molar-refractivity contribution in [3.05, 3.63) is 26.9 Å². The zero-order valence-corrected chi connectivity index (χ0v) is 9.24. The lowest BCUT2D eigenvalue weighted by atomic mass is 10.2. The number of aromatic nitrogens is 2. The third kappa shape index (κ3) is 2.16. The SMILES string of the molecule is O=c1cc(NO)n([C@H]2C[C@H](O)[C@@H](CO)O2)c(=O)[nH]1. The van der Waals surface area contributed by atoms with Crippen LogP contribution in [0.3, 0.4) is 0 Å². The fourth-order valence-electron chi connectivity index (χ4n) is 1.91. The van der Waals surface area contributed by atoms with Crippen LogP contribution in [-0.2, 0) is 4.74 Å². The van der Waals surface area contributed by atoms with Crippen molar-refractivity contribution < 1.29 is 20.2 Å². The minimum atomic E-state index is -0.926. The van der Waals surface area contributed by atoms with E-state index in [-0.39, 0.29) is 12.2 Å². The van der Waals surface area contributed by atoms with Crippen LogP contribution in [0.5, 0.6) is 0 Å². The number of anilines is 1. The van der Waals surface area contributed by atoms with Crippen molar-refractivity contribution >= 4 is 5.82 Å². The highest BCUT2D eigenvalue weighted by molar-refractivity contribution is 5.31. The predicted molar refractivity (Wildman–Crippen MR) is 58.4 cm³/mol. The number of hydrogen-bond acceptors (Lipinski definition) is 7. The van der Waals surface area contributed by atoms with Crippen LogP contribution < -0.4 is 16.7 Å². The van der Waals surface area contributed by atoms with Gasteiger partial charge in [-0.3, -0.25) is 25.0 Å². The average molecular weight is 259 g/mol. The standard InChI is InChI=1S/C9H13N3O6/c13-3-5-4(14)1-8(18-5)12-6(11-17)2-7(15)10-9(12)16/h2,4-5,8,11,13-14,17H,1,3H2,(H,10,15,16)/t4-,5+,8+/m0/s1. The number of rotatable bonds is 3. The van der Waals surface area contributed by atoms with Gasteiger partial charge in [-0.25, -0.2) is 4.79 Å². The highest BCUT2D eigenvalue weighted by atomic mass is 16.5. The summed E-state index contributed by atoms with van der Waals surface area (Å²) in [6.45, 7) is -0.391. The van der Waals surface area contributed by atoms with Crippen LogP contribution in [0.2, 0.25) is 0 Å². The van der Waals surface area contributed by atoms with Crippen LogP contribution in [0.1, 0.15) is 12.6 Å². The first-order chi connectivity index (χ1) is 8.56. The maximum atomic E-state index is 11.6. The molecule has 5 N–H and O–H groups in total. The van der Waals surface area contributed by atoms with Crippen molar-refractivity contribution in [1.82, 2.24) is 9.55 Å². The lowest BCUT2D eigenvalue weighted by molar-refractivity contribution is -0.0454. The molecule has 1 aliphatic rings. The van der Waals surface area contributed by atoms with Crippen LogP contribution in [0.4, 0.5) is 5.82 Å². The maximum absolute atomic E-state index is 11.6. The molecule has 1 saturated heterocycles. The molecule has 0 saturated carbocycles. The van der Waals surface area contributed by atoms with E-state index in [1.54, 1.807) is 5.48 Å². The molecule has 1 aromatic heterocycles. The van der Waals surface area contributed by atoms with Gasteiger partial charge >= 0.3 is 5.69 Å². The first kappa shape index (κ1) is 12.8. The van der Waals surface area contributed by atoms with E-state index < -0.39 is 36.3 Å². The van der Waals surface area contributed by atoms with Crippen molar-refractivity contribution in [2.75, 3.05) is 12.1 Å². The molecule has 0 aliphatic carbocycles. The van der Waals surface area contributed by atoms with Crippen LogP contribution in [0.15, 0.2) is 15.7 Å². The van der Waals surface area contributed by atoms with Crippen LogP contribution >= 0.6 is 0 Å². The van der Waals surface area contributed by atoms with Crippen LogP contribution in [0.25, 0.3) is 0 Å². The molecule has 9 heteroatoms. The highest BCUT2D eigenvalue weighted by Gasteiger charge is 2.35. The van der Waals surface area contributed by atoms with Gasteiger partial charge in [-0.1, -0.05) is 0 Å². The summed E-state index contributed by atoms with van der Waals surface area (Å²) in [5.41, 5.74) is 0.262. The Balaban J connectivity index is 2.40. The molecule has 0 spiro atoms. The molecule has 9 nitrogen and oxygen atoms in total. The van der Waals surface area contributed by atoms with Crippen molar-refractivity contribution in [3.63, 3.8) is 0 Å². The molecule has 0 amide bonds. The monoisotopic (exact) mass is 259 g/mol. The molecule has 0 bridgehead atoms. The lowest BCUT2D eigenvalue weighted by Crippen LogP contribution is -2.34. The number of aliphatic hydroxyl groups is 2. The Morgan fingerprint density at radius 2 is 2.28 bits per heavy atom. The molecular formula is C9H13N3O6.